The van der Waals surface area contributed by atoms with Crippen LogP contribution in [0.5, 0.6) is 5.75 Å². The second-order valence-electron chi connectivity index (χ2n) is 6.87. The van der Waals surface area contributed by atoms with E-state index in [1.807, 2.05) is 30.5 Å². The molecule has 0 fully saturated rings. The minimum atomic E-state index is -0.377. The number of ether oxygens (including phenoxy) is 1. The Morgan fingerprint density at radius 1 is 1.22 bits per heavy atom. The van der Waals surface area contributed by atoms with Gasteiger partial charge in [-0.15, -0.1) is 16.8 Å². The number of carbonyl (C=O) groups is 1. The highest BCUT2D eigenvalue weighted by Gasteiger charge is 2.20. The van der Waals surface area contributed by atoms with E-state index in [0.717, 1.165) is 5.56 Å². The zero-order valence-corrected chi connectivity index (χ0v) is 20.5. The Hall–Kier alpha value is -2.19. The summed E-state index contributed by atoms with van der Waals surface area (Å²) in [6.45, 7) is 8.10. The molecule has 0 radical (unpaired) electrons. The molecule has 0 saturated heterocycles. The molecule has 32 heavy (non-hydrogen) atoms. The fourth-order valence-electron chi connectivity index (χ4n) is 2.90. The number of carbonyl (C=O) groups excluding carboxylic acids is 1. The molecule has 1 heterocycles. The van der Waals surface area contributed by atoms with Crippen LogP contribution in [0.2, 0.25) is 15.1 Å². The molecular weight excluding hydrogens is 491 g/mol. The number of hydrogen-bond donors (Lipinski definition) is 1. The highest BCUT2D eigenvalue weighted by Crippen LogP contribution is 2.29. The molecule has 0 spiro atoms. The minimum absolute atomic E-state index is 0.125. The minimum Gasteiger partial charge on any atom is -0.482 e. The maximum absolute atomic E-state index is 12.4. The van der Waals surface area contributed by atoms with Gasteiger partial charge in [0.25, 0.3) is 0 Å². The lowest BCUT2D eigenvalue weighted by Gasteiger charge is -2.17. The van der Waals surface area contributed by atoms with Gasteiger partial charge in [-0.3, -0.25) is 9.36 Å². The summed E-state index contributed by atoms with van der Waals surface area (Å²) in [5.74, 6) is 1.24. The molecule has 10 heteroatoms. The number of nitrogens with one attached hydrogen (secondary N) is 1. The van der Waals surface area contributed by atoms with Crippen LogP contribution < -0.4 is 10.1 Å². The van der Waals surface area contributed by atoms with Crippen molar-refractivity contribution in [2.45, 2.75) is 31.7 Å². The van der Waals surface area contributed by atoms with Crippen molar-refractivity contribution in [2.24, 2.45) is 0 Å². The topological polar surface area (TPSA) is 69.0 Å². The maximum atomic E-state index is 12.4. The van der Waals surface area contributed by atoms with Crippen molar-refractivity contribution >= 4 is 58.2 Å². The number of nitrogens with zero attached hydrogens (tertiary/aromatic N) is 3. The third kappa shape index (κ3) is 6.19. The lowest BCUT2D eigenvalue weighted by molar-refractivity contribution is -0.113. The molecule has 1 amide bonds. The zero-order valence-electron chi connectivity index (χ0n) is 17.4. The summed E-state index contributed by atoms with van der Waals surface area (Å²) < 4.78 is 7.95. The largest absolute Gasteiger partial charge is 0.482 e. The lowest BCUT2D eigenvalue weighted by atomic mass is 10.2. The van der Waals surface area contributed by atoms with Crippen LogP contribution in [0.3, 0.4) is 0 Å². The molecule has 0 saturated carbocycles. The molecule has 6 nitrogen and oxygen atoms in total. The van der Waals surface area contributed by atoms with E-state index in [2.05, 4.69) is 22.1 Å². The first kappa shape index (κ1) is 24.5. The molecule has 1 unspecified atom stereocenters. The standard InChI is InChI=1S/C22H21Cl3N4O2S/c1-4-9-29-21(14(3)31-19-8-6-15(23)10-13(19)2)27-28-22(29)32-12-20(30)26-18-7-5-16(24)11-17(18)25/h4-8,10-11,14H,1,9,12H2,2-3H3,(H,26,30). The Bertz CT molecular complexity index is 1140. The summed E-state index contributed by atoms with van der Waals surface area (Å²) in [5.41, 5.74) is 1.42. The van der Waals surface area contributed by atoms with Crippen LogP contribution >= 0.6 is 46.6 Å². The van der Waals surface area contributed by atoms with Crippen LogP contribution in [0.4, 0.5) is 5.69 Å². The fourth-order valence-corrected chi connectivity index (χ4v) is 4.34. The number of aryl methyl sites for hydroxylation is 1. The predicted octanol–water partition coefficient (Wildman–Crippen LogP) is 6.60. The predicted molar refractivity (Wildman–Crippen MR) is 131 cm³/mol. The molecule has 0 aliphatic carbocycles. The van der Waals surface area contributed by atoms with Crippen LogP contribution in [0.25, 0.3) is 0 Å². The van der Waals surface area contributed by atoms with Gasteiger partial charge in [-0.1, -0.05) is 52.6 Å². The number of benzene rings is 2. The second kappa shape index (κ2) is 11.1. The number of amides is 1. The van der Waals surface area contributed by atoms with Gasteiger partial charge < -0.3 is 10.1 Å². The summed E-state index contributed by atoms with van der Waals surface area (Å²) in [4.78, 5) is 12.4. The van der Waals surface area contributed by atoms with Crippen molar-refractivity contribution < 1.29 is 9.53 Å². The van der Waals surface area contributed by atoms with E-state index in [0.29, 0.717) is 44.0 Å². The van der Waals surface area contributed by atoms with Gasteiger partial charge in [0.15, 0.2) is 17.1 Å². The molecule has 1 atom stereocenters. The van der Waals surface area contributed by atoms with Gasteiger partial charge in [0.1, 0.15) is 5.75 Å². The van der Waals surface area contributed by atoms with Crippen molar-refractivity contribution in [1.82, 2.24) is 14.8 Å². The van der Waals surface area contributed by atoms with Gasteiger partial charge in [0.2, 0.25) is 5.91 Å². The Labute approximate surface area is 205 Å². The zero-order chi connectivity index (χ0) is 23.3. The first-order valence-electron chi connectivity index (χ1n) is 9.63. The maximum Gasteiger partial charge on any atom is 0.234 e. The van der Waals surface area contributed by atoms with E-state index in [9.17, 15) is 4.79 Å². The van der Waals surface area contributed by atoms with E-state index in [1.165, 1.54) is 11.8 Å². The van der Waals surface area contributed by atoms with Crippen molar-refractivity contribution in [3.05, 3.63) is 75.5 Å². The normalized spacial score (nSPS) is 11.8. The summed E-state index contributed by atoms with van der Waals surface area (Å²) in [5, 5.41) is 13.4. The Kier molecular flexibility index (Phi) is 8.48. The van der Waals surface area contributed by atoms with Crippen LogP contribution in [0.1, 0.15) is 24.4 Å². The fraction of sp³-hybridized carbons (Fsp3) is 0.227. The van der Waals surface area contributed by atoms with E-state index in [4.69, 9.17) is 39.5 Å². The van der Waals surface area contributed by atoms with Gasteiger partial charge >= 0.3 is 0 Å². The first-order valence-corrected chi connectivity index (χ1v) is 11.7. The smallest absolute Gasteiger partial charge is 0.234 e. The molecular formula is C22H21Cl3N4O2S. The molecule has 1 N–H and O–H groups in total. The summed E-state index contributed by atoms with van der Waals surface area (Å²) in [6, 6.07) is 10.3. The Morgan fingerprint density at radius 3 is 2.62 bits per heavy atom. The first-order chi connectivity index (χ1) is 15.3. The number of halogens is 3. The SMILES string of the molecule is C=CCn1c(SCC(=O)Nc2ccc(Cl)cc2Cl)nnc1C(C)Oc1ccc(Cl)cc1C. The van der Waals surface area contributed by atoms with E-state index < -0.39 is 0 Å². The summed E-state index contributed by atoms with van der Waals surface area (Å²) in [7, 11) is 0. The number of aromatic nitrogens is 3. The number of hydrogen-bond acceptors (Lipinski definition) is 5. The number of rotatable bonds is 9. The van der Waals surface area contributed by atoms with Gasteiger partial charge in [0.05, 0.1) is 16.5 Å². The Morgan fingerprint density at radius 2 is 1.94 bits per heavy atom. The number of thioether (sulfide) groups is 1. The second-order valence-corrected chi connectivity index (χ2v) is 9.09. The highest BCUT2D eigenvalue weighted by atomic mass is 35.5. The van der Waals surface area contributed by atoms with Crippen LogP contribution in [-0.4, -0.2) is 26.4 Å². The molecule has 3 rings (SSSR count). The molecule has 0 aliphatic heterocycles. The van der Waals surface area contributed by atoms with Gasteiger partial charge in [0, 0.05) is 16.6 Å². The lowest BCUT2D eigenvalue weighted by Crippen LogP contribution is -2.16. The van der Waals surface area contributed by atoms with Crippen LogP contribution in [0, 0.1) is 6.92 Å². The van der Waals surface area contributed by atoms with Crippen molar-refractivity contribution in [3.8, 4) is 5.75 Å². The molecule has 0 bridgehead atoms. The summed E-state index contributed by atoms with van der Waals surface area (Å²) >= 11 is 19.3. The number of allylic oxidation sites excluding steroid dienone is 1. The molecule has 168 valence electrons. The monoisotopic (exact) mass is 510 g/mol. The third-order valence-corrected chi connectivity index (χ3v) is 6.15. The summed E-state index contributed by atoms with van der Waals surface area (Å²) in [6.07, 6.45) is 1.36. The van der Waals surface area contributed by atoms with Gasteiger partial charge in [-0.2, -0.15) is 0 Å². The quantitative estimate of drug-likeness (QED) is 0.259. The molecule has 1 aromatic heterocycles. The van der Waals surface area contributed by atoms with E-state index in [-0.39, 0.29) is 17.8 Å². The van der Waals surface area contributed by atoms with Crippen LogP contribution in [-0.2, 0) is 11.3 Å². The van der Waals surface area contributed by atoms with Gasteiger partial charge in [-0.05, 0) is 55.8 Å². The highest BCUT2D eigenvalue weighted by molar-refractivity contribution is 7.99. The average molecular weight is 512 g/mol. The van der Waals surface area contributed by atoms with E-state index in [1.54, 1.807) is 30.3 Å². The molecule has 0 aliphatic rings. The van der Waals surface area contributed by atoms with Crippen LogP contribution in [0.15, 0.2) is 54.2 Å². The average Bonchev–Trinajstić information content (AvgIpc) is 3.13. The number of anilines is 1. The van der Waals surface area contributed by atoms with E-state index >= 15 is 0 Å². The third-order valence-electron chi connectivity index (χ3n) is 4.40. The Balaban J connectivity index is 1.69. The van der Waals surface area contributed by atoms with Crippen molar-refractivity contribution in [3.63, 3.8) is 0 Å². The molecule has 3 aromatic rings. The van der Waals surface area contributed by atoms with Gasteiger partial charge in [-0.25, -0.2) is 0 Å². The molecule has 2 aromatic carbocycles. The van der Waals surface area contributed by atoms with Crippen molar-refractivity contribution in [1.29, 1.82) is 0 Å². The van der Waals surface area contributed by atoms with Crippen molar-refractivity contribution in [2.75, 3.05) is 11.1 Å².